The van der Waals surface area contributed by atoms with E-state index in [4.69, 9.17) is 0 Å². The standard InChI is InChI=1S/C24H33N3O4/c1-16(2)17-6-8-19(9-7-17)27-22(29)20(25-23(27)30)10-11-21(28)26-14-13-24(31)12-4-3-5-18(24)15-26/h6-9,16,18,20,31H,3-5,10-15H2,1-2H3,(H,25,30)/t18-,20+,24-/m1/s1. The molecule has 0 bridgehead atoms. The highest BCUT2D eigenvalue weighted by molar-refractivity contribution is 6.21. The van der Waals surface area contributed by atoms with Crippen LogP contribution in [0.2, 0.25) is 0 Å². The summed E-state index contributed by atoms with van der Waals surface area (Å²) in [4.78, 5) is 41.0. The Morgan fingerprint density at radius 3 is 2.65 bits per heavy atom. The third-order valence-corrected chi connectivity index (χ3v) is 7.26. The first-order chi connectivity index (χ1) is 14.8. The van der Waals surface area contributed by atoms with Crippen LogP contribution in [-0.4, -0.2) is 52.6 Å². The van der Waals surface area contributed by atoms with Crippen molar-refractivity contribution in [2.45, 2.75) is 76.4 Å². The van der Waals surface area contributed by atoms with E-state index in [1.54, 1.807) is 12.1 Å². The van der Waals surface area contributed by atoms with Gasteiger partial charge in [-0.25, -0.2) is 9.69 Å². The molecular formula is C24H33N3O4. The van der Waals surface area contributed by atoms with Gasteiger partial charge in [0.05, 0.1) is 11.3 Å². The Hall–Kier alpha value is -2.41. The van der Waals surface area contributed by atoms with Crippen molar-refractivity contribution in [3.05, 3.63) is 29.8 Å². The summed E-state index contributed by atoms with van der Waals surface area (Å²) in [7, 11) is 0. The van der Waals surface area contributed by atoms with Gasteiger partial charge in [-0.1, -0.05) is 38.8 Å². The van der Waals surface area contributed by atoms with Gasteiger partial charge in [-0.2, -0.15) is 0 Å². The number of aliphatic hydroxyl groups is 1. The summed E-state index contributed by atoms with van der Waals surface area (Å²) in [5.74, 6) is 0.205. The lowest BCUT2D eigenvalue weighted by Gasteiger charge is -2.47. The van der Waals surface area contributed by atoms with Crippen LogP contribution in [-0.2, 0) is 9.59 Å². The Bertz CT molecular complexity index is 853. The Morgan fingerprint density at radius 2 is 1.94 bits per heavy atom. The zero-order valence-corrected chi connectivity index (χ0v) is 18.5. The van der Waals surface area contributed by atoms with Crippen LogP contribution >= 0.6 is 0 Å². The number of carbonyl (C=O) groups is 3. The Labute approximate surface area is 183 Å². The number of likely N-dealkylation sites (tertiary alicyclic amines) is 1. The first kappa shape index (κ1) is 21.8. The van der Waals surface area contributed by atoms with Crippen LogP contribution in [0.15, 0.2) is 24.3 Å². The number of hydrogen-bond acceptors (Lipinski definition) is 4. The van der Waals surface area contributed by atoms with Crippen molar-refractivity contribution in [2.75, 3.05) is 18.0 Å². The maximum Gasteiger partial charge on any atom is 0.329 e. The van der Waals surface area contributed by atoms with Crippen molar-refractivity contribution in [3.8, 4) is 0 Å². The van der Waals surface area contributed by atoms with E-state index in [2.05, 4.69) is 19.2 Å². The van der Waals surface area contributed by atoms with Gasteiger partial charge < -0.3 is 15.3 Å². The van der Waals surface area contributed by atoms with Crippen LogP contribution in [0.3, 0.4) is 0 Å². The molecule has 0 spiro atoms. The van der Waals surface area contributed by atoms with Crippen LogP contribution in [0.5, 0.6) is 0 Å². The topological polar surface area (TPSA) is 90.0 Å². The molecule has 1 saturated carbocycles. The molecule has 3 atom stereocenters. The van der Waals surface area contributed by atoms with E-state index < -0.39 is 17.7 Å². The number of hydrogen-bond donors (Lipinski definition) is 2. The van der Waals surface area contributed by atoms with Crippen LogP contribution in [0.25, 0.3) is 0 Å². The largest absolute Gasteiger partial charge is 0.389 e. The number of carbonyl (C=O) groups excluding carboxylic acids is 3. The average Bonchev–Trinajstić information content (AvgIpc) is 3.04. The maximum absolute atomic E-state index is 12.8. The molecule has 0 unspecified atom stereocenters. The van der Waals surface area contributed by atoms with Gasteiger partial charge in [-0.05, 0) is 49.3 Å². The fraction of sp³-hybridized carbons (Fsp3) is 0.625. The number of amides is 4. The lowest BCUT2D eigenvalue weighted by Crippen LogP contribution is -2.54. The molecule has 2 N–H and O–H groups in total. The molecule has 3 fully saturated rings. The van der Waals surface area contributed by atoms with Gasteiger partial charge in [0, 0.05) is 25.4 Å². The predicted octanol–water partition coefficient (Wildman–Crippen LogP) is 3.17. The average molecular weight is 428 g/mol. The molecule has 31 heavy (non-hydrogen) atoms. The van der Waals surface area contributed by atoms with E-state index in [1.165, 1.54) is 4.90 Å². The lowest BCUT2D eigenvalue weighted by molar-refractivity contribution is -0.143. The van der Waals surface area contributed by atoms with E-state index in [0.717, 1.165) is 31.2 Å². The molecule has 2 saturated heterocycles. The first-order valence-corrected chi connectivity index (χ1v) is 11.5. The molecule has 2 aliphatic heterocycles. The zero-order chi connectivity index (χ0) is 22.2. The highest BCUT2D eigenvalue weighted by atomic mass is 16.3. The number of fused-ring (bicyclic) bond motifs is 1. The predicted molar refractivity (Wildman–Crippen MR) is 118 cm³/mol. The summed E-state index contributed by atoms with van der Waals surface area (Å²) in [5, 5.41) is 13.5. The van der Waals surface area contributed by atoms with Crippen molar-refractivity contribution in [1.82, 2.24) is 10.2 Å². The Kier molecular flexibility index (Phi) is 6.06. The number of piperidine rings is 1. The van der Waals surface area contributed by atoms with E-state index in [-0.39, 0.29) is 30.6 Å². The molecular weight excluding hydrogens is 394 g/mol. The van der Waals surface area contributed by atoms with Gasteiger partial charge in [0.1, 0.15) is 6.04 Å². The molecule has 2 heterocycles. The van der Waals surface area contributed by atoms with Gasteiger partial charge in [0.15, 0.2) is 0 Å². The molecule has 168 valence electrons. The van der Waals surface area contributed by atoms with E-state index in [9.17, 15) is 19.5 Å². The van der Waals surface area contributed by atoms with Crippen molar-refractivity contribution in [1.29, 1.82) is 0 Å². The molecule has 1 aliphatic carbocycles. The second-order valence-corrected chi connectivity index (χ2v) is 9.60. The summed E-state index contributed by atoms with van der Waals surface area (Å²) < 4.78 is 0. The fourth-order valence-corrected chi connectivity index (χ4v) is 5.20. The third-order valence-electron chi connectivity index (χ3n) is 7.26. The molecule has 7 heteroatoms. The number of nitrogens with one attached hydrogen (secondary N) is 1. The molecule has 1 aromatic carbocycles. The van der Waals surface area contributed by atoms with Crippen molar-refractivity contribution in [3.63, 3.8) is 0 Å². The molecule has 0 aromatic heterocycles. The SMILES string of the molecule is CC(C)c1ccc(N2C(=O)N[C@@H](CCC(=O)N3CC[C@]4(O)CCCC[C@@H]4C3)C2=O)cc1. The van der Waals surface area contributed by atoms with Crippen LogP contribution in [0.1, 0.15) is 70.3 Å². The van der Waals surface area contributed by atoms with Crippen molar-refractivity contribution < 1.29 is 19.5 Å². The van der Waals surface area contributed by atoms with Gasteiger partial charge in [-0.15, -0.1) is 0 Å². The van der Waals surface area contributed by atoms with Crippen LogP contribution in [0, 0.1) is 5.92 Å². The summed E-state index contributed by atoms with van der Waals surface area (Å²) in [6.07, 6.45) is 5.07. The van der Waals surface area contributed by atoms with Crippen LogP contribution in [0.4, 0.5) is 10.5 Å². The van der Waals surface area contributed by atoms with Gasteiger partial charge in [-0.3, -0.25) is 9.59 Å². The number of benzene rings is 1. The summed E-state index contributed by atoms with van der Waals surface area (Å²) in [6.45, 7) is 5.33. The number of anilines is 1. The number of imide groups is 1. The molecule has 4 amide bonds. The summed E-state index contributed by atoms with van der Waals surface area (Å²) in [6, 6.07) is 6.32. The minimum Gasteiger partial charge on any atom is -0.389 e. The molecule has 3 aliphatic rings. The minimum absolute atomic E-state index is 0.00518. The normalized spacial score (nSPS) is 28.6. The molecule has 1 aromatic rings. The van der Waals surface area contributed by atoms with E-state index in [0.29, 0.717) is 31.1 Å². The Morgan fingerprint density at radius 1 is 1.19 bits per heavy atom. The van der Waals surface area contributed by atoms with Gasteiger partial charge in [0.25, 0.3) is 5.91 Å². The van der Waals surface area contributed by atoms with E-state index >= 15 is 0 Å². The van der Waals surface area contributed by atoms with Crippen molar-refractivity contribution >= 4 is 23.5 Å². The van der Waals surface area contributed by atoms with Crippen LogP contribution < -0.4 is 10.2 Å². The zero-order valence-electron chi connectivity index (χ0n) is 18.5. The Balaban J connectivity index is 1.33. The lowest BCUT2D eigenvalue weighted by atomic mass is 9.71. The second-order valence-electron chi connectivity index (χ2n) is 9.60. The quantitative estimate of drug-likeness (QED) is 0.707. The third kappa shape index (κ3) is 4.33. The number of nitrogens with zero attached hydrogens (tertiary/aromatic N) is 2. The number of rotatable bonds is 5. The molecule has 0 radical (unpaired) electrons. The summed E-state index contributed by atoms with van der Waals surface area (Å²) in [5.41, 5.74) is 1.08. The fourth-order valence-electron chi connectivity index (χ4n) is 5.20. The smallest absolute Gasteiger partial charge is 0.329 e. The maximum atomic E-state index is 12.8. The van der Waals surface area contributed by atoms with Gasteiger partial charge in [0.2, 0.25) is 5.91 Å². The number of urea groups is 1. The highest BCUT2D eigenvalue weighted by Gasteiger charge is 2.44. The highest BCUT2D eigenvalue weighted by Crippen LogP contribution is 2.40. The summed E-state index contributed by atoms with van der Waals surface area (Å²) >= 11 is 0. The van der Waals surface area contributed by atoms with Crippen molar-refractivity contribution in [2.24, 2.45) is 5.92 Å². The second kappa shape index (κ2) is 8.61. The molecule has 4 rings (SSSR count). The minimum atomic E-state index is -0.683. The monoisotopic (exact) mass is 427 g/mol. The van der Waals surface area contributed by atoms with E-state index in [1.807, 2.05) is 17.0 Å². The first-order valence-electron chi connectivity index (χ1n) is 11.5. The van der Waals surface area contributed by atoms with Gasteiger partial charge >= 0.3 is 6.03 Å². The molecule has 7 nitrogen and oxygen atoms in total.